The second kappa shape index (κ2) is 8.49. The molecule has 156 valence electrons. The Balaban J connectivity index is 2.17. The monoisotopic (exact) mass is 411 g/mol. The molecule has 0 aliphatic carbocycles. The Morgan fingerprint density at radius 2 is 1.97 bits per heavy atom. The van der Waals surface area contributed by atoms with Crippen molar-refractivity contribution in [2.24, 2.45) is 5.41 Å². The van der Waals surface area contributed by atoms with E-state index in [4.69, 9.17) is 0 Å². The summed E-state index contributed by atoms with van der Waals surface area (Å²) in [5.41, 5.74) is 0.479. The van der Waals surface area contributed by atoms with Crippen LogP contribution < -0.4 is 5.32 Å². The lowest BCUT2D eigenvalue weighted by atomic mass is 9.84. The SMILES string of the molecule is C=CC(C)(C)C(NC(=O)O)c1nc(-c2cc(F)ccc2F)cn1Cc1ccccc1. The van der Waals surface area contributed by atoms with Gasteiger partial charge in [-0.3, -0.25) is 0 Å². The molecule has 2 N–H and O–H groups in total. The van der Waals surface area contributed by atoms with Gasteiger partial charge in [0.25, 0.3) is 0 Å². The van der Waals surface area contributed by atoms with Crippen LogP contribution in [-0.2, 0) is 6.54 Å². The molecule has 3 aromatic rings. The van der Waals surface area contributed by atoms with Crippen molar-refractivity contribution in [1.82, 2.24) is 14.9 Å². The van der Waals surface area contributed by atoms with E-state index >= 15 is 0 Å². The van der Waals surface area contributed by atoms with Crippen LogP contribution in [0, 0.1) is 17.0 Å². The van der Waals surface area contributed by atoms with Gasteiger partial charge >= 0.3 is 6.09 Å². The summed E-state index contributed by atoms with van der Waals surface area (Å²) in [5, 5.41) is 11.9. The molecule has 1 aromatic heterocycles. The molecule has 0 radical (unpaired) electrons. The molecule has 2 aromatic carbocycles. The molecular weight excluding hydrogens is 388 g/mol. The second-order valence-corrected chi connectivity index (χ2v) is 7.63. The van der Waals surface area contributed by atoms with Crippen LogP contribution in [0.3, 0.4) is 0 Å². The number of nitrogens with zero attached hydrogens (tertiary/aromatic N) is 2. The Kier molecular flexibility index (Phi) is 6.01. The van der Waals surface area contributed by atoms with E-state index in [1.54, 1.807) is 16.8 Å². The average Bonchev–Trinajstić information content (AvgIpc) is 3.11. The minimum atomic E-state index is -1.22. The maximum Gasteiger partial charge on any atom is 0.405 e. The van der Waals surface area contributed by atoms with E-state index in [-0.39, 0.29) is 11.3 Å². The lowest BCUT2D eigenvalue weighted by Crippen LogP contribution is -2.38. The van der Waals surface area contributed by atoms with Crippen LogP contribution in [0.15, 0.2) is 67.4 Å². The van der Waals surface area contributed by atoms with E-state index in [9.17, 15) is 18.7 Å². The van der Waals surface area contributed by atoms with Gasteiger partial charge in [-0.15, -0.1) is 6.58 Å². The number of rotatable bonds is 7. The highest BCUT2D eigenvalue weighted by molar-refractivity contribution is 5.65. The molecule has 1 amide bonds. The fourth-order valence-corrected chi connectivity index (χ4v) is 3.22. The van der Waals surface area contributed by atoms with E-state index in [1.165, 1.54) is 0 Å². The van der Waals surface area contributed by atoms with E-state index in [0.717, 1.165) is 23.8 Å². The zero-order chi connectivity index (χ0) is 21.9. The molecule has 5 nitrogen and oxygen atoms in total. The summed E-state index contributed by atoms with van der Waals surface area (Å²) in [6.45, 7) is 7.84. The van der Waals surface area contributed by atoms with Gasteiger partial charge in [0.05, 0.1) is 11.7 Å². The third kappa shape index (κ3) is 4.56. The Bertz CT molecular complexity index is 1060. The first-order valence-corrected chi connectivity index (χ1v) is 9.40. The Labute approximate surface area is 173 Å². The van der Waals surface area contributed by atoms with Crippen molar-refractivity contribution < 1.29 is 18.7 Å². The van der Waals surface area contributed by atoms with Gasteiger partial charge in [-0.25, -0.2) is 18.6 Å². The van der Waals surface area contributed by atoms with Crippen LogP contribution in [0.4, 0.5) is 13.6 Å². The zero-order valence-corrected chi connectivity index (χ0v) is 16.8. The summed E-state index contributed by atoms with van der Waals surface area (Å²) in [6.07, 6.45) is 2.02. The predicted octanol–water partition coefficient (Wildman–Crippen LogP) is 5.40. The highest BCUT2D eigenvalue weighted by atomic mass is 19.1. The topological polar surface area (TPSA) is 67.2 Å². The lowest BCUT2D eigenvalue weighted by Gasteiger charge is -2.31. The van der Waals surface area contributed by atoms with Gasteiger partial charge in [0.2, 0.25) is 0 Å². The van der Waals surface area contributed by atoms with Gasteiger partial charge in [-0.05, 0) is 23.8 Å². The highest BCUT2D eigenvalue weighted by Crippen LogP contribution is 2.36. The van der Waals surface area contributed by atoms with Gasteiger partial charge in [-0.1, -0.05) is 50.3 Å². The number of amides is 1. The number of benzene rings is 2. The molecule has 7 heteroatoms. The van der Waals surface area contributed by atoms with Crippen LogP contribution in [0.2, 0.25) is 0 Å². The molecule has 1 unspecified atom stereocenters. The molecule has 0 aliphatic heterocycles. The summed E-state index contributed by atoms with van der Waals surface area (Å²) >= 11 is 0. The smallest absolute Gasteiger partial charge is 0.405 e. The van der Waals surface area contributed by atoms with Crippen molar-refractivity contribution in [3.8, 4) is 11.3 Å². The van der Waals surface area contributed by atoms with Crippen molar-refractivity contribution >= 4 is 6.09 Å². The van der Waals surface area contributed by atoms with Crippen molar-refractivity contribution in [1.29, 1.82) is 0 Å². The van der Waals surface area contributed by atoms with Crippen molar-refractivity contribution in [2.75, 3.05) is 0 Å². The quantitative estimate of drug-likeness (QED) is 0.512. The van der Waals surface area contributed by atoms with Crippen molar-refractivity contribution in [2.45, 2.75) is 26.4 Å². The molecule has 0 saturated carbocycles. The number of nitrogens with one attached hydrogen (secondary N) is 1. The second-order valence-electron chi connectivity index (χ2n) is 7.63. The normalized spacial score (nSPS) is 12.4. The van der Waals surface area contributed by atoms with Gasteiger partial charge in [0.1, 0.15) is 17.5 Å². The molecular formula is C23H23F2N3O2. The maximum absolute atomic E-state index is 14.4. The zero-order valence-electron chi connectivity index (χ0n) is 16.8. The summed E-state index contributed by atoms with van der Waals surface area (Å²) in [6, 6.07) is 11.9. The van der Waals surface area contributed by atoms with Gasteiger partial charge < -0.3 is 15.0 Å². The fourth-order valence-electron chi connectivity index (χ4n) is 3.22. The summed E-state index contributed by atoms with van der Waals surface area (Å²) < 4.78 is 29.9. The minimum Gasteiger partial charge on any atom is -0.465 e. The predicted molar refractivity (Wildman–Crippen MR) is 111 cm³/mol. The first-order valence-electron chi connectivity index (χ1n) is 9.40. The van der Waals surface area contributed by atoms with E-state index in [1.807, 2.05) is 44.2 Å². The van der Waals surface area contributed by atoms with E-state index in [2.05, 4.69) is 16.9 Å². The summed E-state index contributed by atoms with van der Waals surface area (Å²) in [7, 11) is 0. The lowest BCUT2D eigenvalue weighted by molar-refractivity contribution is 0.177. The Hall–Kier alpha value is -3.48. The number of hydrogen-bond donors (Lipinski definition) is 2. The molecule has 0 aliphatic rings. The largest absolute Gasteiger partial charge is 0.465 e. The number of carboxylic acid groups (broad SMARTS) is 1. The van der Waals surface area contributed by atoms with Crippen LogP contribution in [-0.4, -0.2) is 20.8 Å². The molecule has 30 heavy (non-hydrogen) atoms. The van der Waals surface area contributed by atoms with Crippen molar-refractivity contribution in [3.63, 3.8) is 0 Å². The van der Waals surface area contributed by atoms with E-state index in [0.29, 0.717) is 12.4 Å². The Morgan fingerprint density at radius 1 is 1.27 bits per heavy atom. The number of carbonyl (C=O) groups is 1. The van der Waals surface area contributed by atoms with Crippen LogP contribution in [0.1, 0.15) is 31.3 Å². The fraction of sp³-hybridized carbons (Fsp3) is 0.217. The number of aromatic nitrogens is 2. The summed E-state index contributed by atoms with van der Waals surface area (Å²) in [4.78, 5) is 16.0. The standard InChI is InChI=1S/C23H23F2N3O2/c1-4-23(2,3)20(27-22(29)30)21-26-19(17-12-16(24)10-11-18(17)25)14-28(21)13-15-8-6-5-7-9-15/h4-12,14,20,27H,1,13H2,2-3H3,(H,29,30). The maximum atomic E-state index is 14.4. The average molecular weight is 411 g/mol. The van der Waals surface area contributed by atoms with Gasteiger partial charge in [0.15, 0.2) is 0 Å². The third-order valence-electron chi connectivity index (χ3n) is 5.00. The number of halogens is 2. The first-order chi connectivity index (χ1) is 14.2. The van der Waals surface area contributed by atoms with Crippen LogP contribution >= 0.6 is 0 Å². The number of hydrogen-bond acceptors (Lipinski definition) is 2. The molecule has 0 bridgehead atoms. The minimum absolute atomic E-state index is 0.00791. The van der Waals surface area contributed by atoms with Crippen molar-refractivity contribution in [3.05, 3.63) is 90.4 Å². The third-order valence-corrected chi connectivity index (χ3v) is 5.00. The van der Waals surface area contributed by atoms with Crippen LogP contribution in [0.25, 0.3) is 11.3 Å². The first kappa shape index (κ1) is 21.2. The van der Waals surface area contributed by atoms with Crippen LogP contribution in [0.5, 0.6) is 0 Å². The highest BCUT2D eigenvalue weighted by Gasteiger charge is 2.34. The summed E-state index contributed by atoms with van der Waals surface area (Å²) in [5.74, 6) is -0.819. The van der Waals surface area contributed by atoms with Gasteiger partial charge in [-0.2, -0.15) is 0 Å². The van der Waals surface area contributed by atoms with Gasteiger partial charge in [0, 0.05) is 23.7 Å². The molecule has 0 saturated heterocycles. The molecule has 1 heterocycles. The molecule has 1 atom stereocenters. The van der Waals surface area contributed by atoms with E-state index < -0.39 is 29.2 Å². The number of imidazole rings is 1. The molecule has 0 spiro atoms. The molecule has 3 rings (SSSR count). The Morgan fingerprint density at radius 3 is 2.60 bits per heavy atom. The molecule has 0 fully saturated rings.